The molecule has 3 aromatic rings. The molecule has 1 aliphatic carbocycles. The zero-order valence-electron chi connectivity index (χ0n) is 22.2. The van der Waals surface area contributed by atoms with Gasteiger partial charge in [0.2, 0.25) is 0 Å². The van der Waals surface area contributed by atoms with Crippen molar-refractivity contribution in [2.75, 3.05) is 23.8 Å². The van der Waals surface area contributed by atoms with E-state index in [0.29, 0.717) is 41.3 Å². The van der Waals surface area contributed by atoms with Crippen LogP contribution in [0.1, 0.15) is 41.2 Å². The molecule has 4 heterocycles. The van der Waals surface area contributed by atoms with Gasteiger partial charge in [-0.25, -0.2) is 10.8 Å². The first kappa shape index (κ1) is 25.6. The monoisotopic (exact) mass is 518 g/mol. The van der Waals surface area contributed by atoms with Crippen molar-refractivity contribution in [2.45, 2.75) is 39.8 Å². The third kappa shape index (κ3) is 4.44. The van der Waals surface area contributed by atoms with Gasteiger partial charge in [0, 0.05) is 56.4 Å². The van der Waals surface area contributed by atoms with Crippen molar-refractivity contribution in [1.29, 1.82) is 0 Å². The van der Waals surface area contributed by atoms with Crippen LogP contribution in [0.2, 0.25) is 0 Å². The van der Waals surface area contributed by atoms with Gasteiger partial charge < -0.3 is 30.3 Å². The fraction of sp³-hybridized carbons (Fsp3) is 0.370. The quantitative estimate of drug-likeness (QED) is 0.284. The number of anilines is 2. The second kappa shape index (κ2) is 9.34. The molecule has 0 atom stereocenters. The number of fused-ring (bicyclic) bond motifs is 3. The van der Waals surface area contributed by atoms with E-state index in [4.69, 9.17) is 11.6 Å². The van der Waals surface area contributed by atoms with Crippen LogP contribution in [0.3, 0.4) is 0 Å². The molecular formula is C27H34N8O3. The standard InChI is InChI=1S/C27H34N8O3/c1-27(2)11-16-10-21-26(38)35(8-7-34(21)22(16)12-27)24-19(15-36)18(5-6-30-24)17-9-20(25(37)32(3)13-17)31-23(28)14-33(4)29/h5-6,9-10,13-14,31,36H,7-8,11-12,15,28-29H2,1-4H3/b23-14+. The fourth-order valence-electron chi connectivity index (χ4n) is 5.61. The summed E-state index contributed by atoms with van der Waals surface area (Å²) in [5.41, 5.74) is 11.1. The summed E-state index contributed by atoms with van der Waals surface area (Å²) in [7, 11) is 3.25. The predicted octanol–water partition coefficient (Wildman–Crippen LogP) is 1.50. The molecule has 200 valence electrons. The Morgan fingerprint density at radius 1 is 1.26 bits per heavy atom. The average molecular weight is 519 g/mol. The van der Waals surface area contributed by atoms with Gasteiger partial charge in [0.05, 0.1) is 12.8 Å². The van der Waals surface area contributed by atoms with Gasteiger partial charge in [-0.2, -0.15) is 0 Å². The van der Waals surface area contributed by atoms with E-state index in [1.165, 1.54) is 27.0 Å². The molecule has 2 aliphatic rings. The minimum atomic E-state index is -0.334. The van der Waals surface area contributed by atoms with Crippen LogP contribution in [0, 0.1) is 5.41 Å². The highest BCUT2D eigenvalue weighted by atomic mass is 16.3. The van der Waals surface area contributed by atoms with Crippen LogP contribution in [0.15, 0.2) is 47.4 Å². The van der Waals surface area contributed by atoms with E-state index < -0.39 is 0 Å². The van der Waals surface area contributed by atoms with E-state index in [0.717, 1.165) is 12.8 Å². The minimum absolute atomic E-state index is 0.130. The predicted molar refractivity (Wildman–Crippen MR) is 146 cm³/mol. The molecule has 0 saturated heterocycles. The molecule has 1 amide bonds. The van der Waals surface area contributed by atoms with Crippen LogP contribution in [0.5, 0.6) is 0 Å². The number of aromatic nitrogens is 3. The van der Waals surface area contributed by atoms with Crippen molar-refractivity contribution in [2.24, 2.45) is 24.0 Å². The zero-order valence-corrected chi connectivity index (χ0v) is 22.2. The number of nitrogens with two attached hydrogens (primary N) is 2. The lowest BCUT2D eigenvalue weighted by atomic mass is 9.90. The molecule has 38 heavy (non-hydrogen) atoms. The van der Waals surface area contributed by atoms with E-state index in [-0.39, 0.29) is 35.0 Å². The van der Waals surface area contributed by atoms with Crippen molar-refractivity contribution >= 4 is 17.4 Å². The van der Waals surface area contributed by atoms with Crippen LogP contribution in [0.25, 0.3) is 11.1 Å². The topological polar surface area (TPSA) is 148 Å². The molecule has 11 heteroatoms. The van der Waals surface area contributed by atoms with E-state index in [1.807, 2.05) is 6.07 Å². The van der Waals surface area contributed by atoms with Crippen molar-refractivity contribution < 1.29 is 9.90 Å². The Bertz CT molecular complexity index is 1520. The van der Waals surface area contributed by atoms with E-state index >= 15 is 0 Å². The zero-order chi connectivity index (χ0) is 27.4. The average Bonchev–Trinajstić information content (AvgIpc) is 3.33. The number of nitrogens with zero attached hydrogens (tertiary/aromatic N) is 5. The number of aliphatic hydroxyl groups is 1. The lowest BCUT2D eigenvalue weighted by Gasteiger charge is -2.31. The summed E-state index contributed by atoms with van der Waals surface area (Å²) >= 11 is 0. The van der Waals surface area contributed by atoms with E-state index in [2.05, 4.69) is 28.7 Å². The van der Waals surface area contributed by atoms with Gasteiger partial charge in [-0.3, -0.25) is 14.5 Å². The first-order valence-electron chi connectivity index (χ1n) is 12.5. The van der Waals surface area contributed by atoms with E-state index in [9.17, 15) is 14.7 Å². The first-order valence-corrected chi connectivity index (χ1v) is 12.5. The molecule has 5 rings (SSSR count). The number of carbonyl (C=O) groups excluding carboxylic acids is 1. The van der Waals surface area contributed by atoms with Crippen LogP contribution in [-0.2, 0) is 33.0 Å². The summed E-state index contributed by atoms with van der Waals surface area (Å²) in [6, 6.07) is 5.44. The number of hydrogen-bond donors (Lipinski definition) is 4. The third-order valence-electron chi connectivity index (χ3n) is 7.19. The number of rotatable bonds is 6. The SMILES string of the molecule is CN(N)/C=C(\N)Nc1cc(-c2ccnc(N3CCn4c(cc5c4CC(C)(C)C5)C3=O)c2CO)cn(C)c1=O. The number of pyridine rings is 2. The molecule has 0 saturated carbocycles. The Labute approximate surface area is 220 Å². The maximum Gasteiger partial charge on any atom is 0.276 e. The minimum Gasteiger partial charge on any atom is -0.392 e. The molecule has 0 radical (unpaired) electrons. The molecule has 3 aromatic heterocycles. The molecular weight excluding hydrogens is 484 g/mol. The largest absolute Gasteiger partial charge is 0.392 e. The van der Waals surface area contributed by atoms with Gasteiger partial charge in [-0.1, -0.05) is 13.8 Å². The molecule has 0 spiro atoms. The lowest BCUT2D eigenvalue weighted by Crippen LogP contribution is -2.41. The van der Waals surface area contributed by atoms with Crippen molar-refractivity contribution in [3.8, 4) is 11.1 Å². The maximum absolute atomic E-state index is 13.7. The Kier molecular flexibility index (Phi) is 6.28. The Hall–Kier alpha value is -4.09. The van der Waals surface area contributed by atoms with Gasteiger partial charge in [0.25, 0.3) is 11.5 Å². The van der Waals surface area contributed by atoms with Crippen LogP contribution >= 0.6 is 0 Å². The van der Waals surface area contributed by atoms with Crippen molar-refractivity contribution in [1.82, 2.24) is 19.1 Å². The fourth-order valence-corrected chi connectivity index (χ4v) is 5.61. The summed E-state index contributed by atoms with van der Waals surface area (Å²) in [5.74, 6) is 6.10. The molecule has 0 bridgehead atoms. The highest BCUT2D eigenvalue weighted by Gasteiger charge is 2.37. The molecule has 0 aromatic carbocycles. The molecule has 1 aliphatic heterocycles. The van der Waals surface area contributed by atoms with Gasteiger partial charge >= 0.3 is 0 Å². The van der Waals surface area contributed by atoms with Gasteiger partial charge in [0.15, 0.2) is 0 Å². The number of hydrazine groups is 1. The number of nitrogens with one attached hydrogen (secondary N) is 1. The summed E-state index contributed by atoms with van der Waals surface area (Å²) in [6.45, 7) is 5.28. The molecule has 6 N–H and O–H groups in total. The van der Waals surface area contributed by atoms with Gasteiger partial charge in [-0.05, 0) is 47.6 Å². The number of carbonyl (C=O) groups is 1. The first-order chi connectivity index (χ1) is 18.0. The van der Waals surface area contributed by atoms with Crippen molar-refractivity contribution in [3.63, 3.8) is 0 Å². The Morgan fingerprint density at radius 3 is 2.74 bits per heavy atom. The van der Waals surface area contributed by atoms with Crippen LogP contribution < -0.4 is 27.4 Å². The second-order valence-corrected chi connectivity index (χ2v) is 10.9. The van der Waals surface area contributed by atoms with Crippen molar-refractivity contribution in [3.05, 3.63) is 75.5 Å². The maximum atomic E-state index is 13.7. The number of aryl methyl sites for hydroxylation is 1. The second-order valence-electron chi connectivity index (χ2n) is 10.9. The summed E-state index contributed by atoms with van der Waals surface area (Å²) in [5, 5.41) is 14.6. The highest BCUT2D eigenvalue weighted by Crippen LogP contribution is 2.40. The number of amides is 1. The molecule has 0 fully saturated rings. The number of aliphatic hydroxyl groups excluding tert-OH is 1. The summed E-state index contributed by atoms with van der Waals surface area (Å²) in [4.78, 5) is 32.6. The molecule has 11 nitrogen and oxygen atoms in total. The highest BCUT2D eigenvalue weighted by molar-refractivity contribution is 6.06. The summed E-state index contributed by atoms with van der Waals surface area (Å²) < 4.78 is 3.58. The van der Waals surface area contributed by atoms with Crippen LogP contribution in [0.4, 0.5) is 11.5 Å². The summed E-state index contributed by atoms with van der Waals surface area (Å²) in [6.07, 6.45) is 6.65. The Morgan fingerprint density at radius 2 is 2.03 bits per heavy atom. The van der Waals surface area contributed by atoms with Gasteiger partial charge in [0.1, 0.15) is 23.0 Å². The third-order valence-corrected chi connectivity index (χ3v) is 7.19. The molecule has 0 unspecified atom stereocenters. The normalized spacial score (nSPS) is 16.4. The Balaban J connectivity index is 1.53. The number of hydrogen-bond acceptors (Lipinski definition) is 8. The lowest BCUT2D eigenvalue weighted by molar-refractivity contribution is 0.0962. The smallest absolute Gasteiger partial charge is 0.276 e. The van der Waals surface area contributed by atoms with Gasteiger partial charge in [-0.15, -0.1) is 0 Å². The van der Waals surface area contributed by atoms with Crippen LogP contribution in [-0.4, -0.2) is 43.7 Å². The van der Waals surface area contributed by atoms with E-state index in [1.54, 1.807) is 43.5 Å².